The van der Waals surface area contributed by atoms with Crippen LogP contribution in [0.5, 0.6) is 0 Å². The fraction of sp³-hybridized carbons (Fsp3) is 0.389. The number of rotatable bonds is 6. The van der Waals surface area contributed by atoms with Gasteiger partial charge in [-0.25, -0.2) is 15.0 Å². The van der Waals surface area contributed by atoms with Crippen LogP contribution in [0.15, 0.2) is 18.5 Å². The number of ether oxygens (including phenoxy) is 1. The van der Waals surface area contributed by atoms with Crippen molar-refractivity contribution < 1.29 is 9.53 Å². The zero-order chi connectivity index (χ0) is 18.7. The summed E-state index contributed by atoms with van der Waals surface area (Å²) >= 11 is 0. The number of nitrogens with two attached hydrogens (primary N) is 1. The number of nitriles is 1. The third kappa shape index (κ3) is 3.72. The van der Waals surface area contributed by atoms with Crippen molar-refractivity contribution in [1.29, 1.82) is 5.26 Å². The van der Waals surface area contributed by atoms with Gasteiger partial charge in [0.1, 0.15) is 24.0 Å². The molecule has 0 unspecified atom stereocenters. The first kappa shape index (κ1) is 17.6. The number of pyridine rings is 1. The van der Waals surface area contributed by atoms with Crippen molar-refractivity contribution >= 4 is 17.7 Å². The molecule has 0 atom stereocenters. The highest BCUT2D eigenvalue weighted by Gasteiger charge is 2.27. The number of hydrogen-bond acceptors (Lipinski definition) is 8. The lowest BCUT2D eigenvalue weighted by Gasteiger charge is -2.16. The van der Waals surface area contributed by atoms with Gasteiger partial charge in [-0.3, -0.25) is 4.79 Å². The molecule has 1 fully saturated rings. The number of esters is 1. The van der Waals surface area contributed by atoms with E-state index in [1.54, 1.807) is 31.3 Å². The van der Waals surface area contributed by atoms with Crippen LogP contribution < -0.4 is 10.6 Å². The summed E-state index contributed by atoms with van der Waals surface area (Å²) in [5, 5.41) is 9.43. The maximum absolute atomic E-state index is 11.6. The number of carbonyl (C=O) groups is 1. The van der Waals surface area contributed by atoms with Gasteiger partial charge in [0.05, 0.1) is 6.61 Å². The molecule has 2 N–H and O–H groups in total. The molecule has 0 radical (unpaired) electrons. The quantitative estimate of drug-likeness (QED) is 0.783. The fourth-order valence-corrected chi connectivity index (χ4v) is 2.65. The Kier molecular flexibility index (Phi) is 4.98. The molecule has 0 spiro atoms. The van der Waals surface area contributed by atoms with E-state index in [0.29, 0.717) is 35.2 Å². The minimum atomic E-state index is -0.342. The van der Waals surface area contributed by atoms with Crippen LogP contribution in [0.2, 0.25) is 0 Å². The molecular weight excluding hydrogens is 332 g/mol. The minimum Gasteiger partial charge on any atom is -0.465 e. The molecule has 1 aliphatic rings. The number of carbonyl (C=O) groups excluding carboxylic acids is 1. The number of aromatic nitrogens is 3. The first-order chi connectivity index (χ1) is 12.5. The van der Waals surface area contributed by atoms with Crippen molar-refractivity contribution in [2.24, 2.45) is 0 Å². The highest BCUT2D eigenvalue weighted by atomic mass is 16.5. The Labute approximate surface area is 151 Å². The van der Waals surface area contributed by atoms with Gasteiger partial charge >= 0.3 is 5.97 Å². The molecule has 0 bridgehead atoms. The number of nitrogens with zero attached hydrogens (tertiary/aromatic N) is 5. The molecular formula is C18H20N6O2. The van der Waals surface area contributed by atoms with E-state index in [1.165, 1.54) is 0 Å². The third-order valence-electron chi connectivity index (χ3n) is 4.14. The first-order valence-electron chi connectivity index (χ1n) is 8.43. The van der Waals surface area contributed by atoms with Gasteiger partial charge in [0.15, 0.2) is 0 Å². The number of anilines is 2. The molecule has 8 nitrogen and oxygen atoms in total. The first-order valence-corrected chi connectivity index (χ1v) is 8.43. The summed E-state index contributed by atoms with van der Waals surface area (Å²) in [7, 11) is 1.71. The van der Waals surface area contributed by atoms with Crippen LogP contribution in [0.25, 0.3) is 11.1 Å². The van der Waals surface area contributed by atoms with Gasteiger partial charge in [-0.1, -0.05) is 0 Å². The van der Waals surface area contributed by atoms with Crippen LogP contribution in [0.1, 0.15) is 36.9 Å². The summed E-state index contributed by atoms with van der Waals surface area (Å²) in [6.45, 7) is 2.15. The molecule has 0 amide bonds. The van der Waals surface area contributed by atoms with Crippen LogP contribution >= 0.6 is 0 Å². The molecule has 2 aromatic rings. The van der Waals surface area contributed by atoms with Crippen LogP contribution in [0.4, 0.5) is 11.8 Å². The van der Waals surface area contributed by atoms with Gasteiger partial charge in [-0.15, -0.1) is 0 Å². The van der Waals surface area contributed by atoms with E-state index in [9.17, 15) is 10.1 Å². The number of likely N-dealkylation sites (N-methyl/N-ethyl adjacent to an activating group) is 1. The van der Waals surface area contributed by atoms with Crippen LogP contribution in [0, 0.1) is 11.3 Å². The molecule has 0 aliphatic heterocycles. The average Bonchev–Trinajstić information content (AvgIpc) is 3.46. The van der Waals surface area contributed by atoms with E-state index >= 15 is 0 Å². The smallest absolute Gasteiger partial charge is 0.325 e. The molecule has 26 heavy (non-hydrogen) atoms. The Morgan fingerprint density at radius 2 is 2.12 bits per heavy atom. The molecule has 8 heteroatoms. The summed E-state index contributed by atoms with van der Waals surface area (Å²) in [5.41, 5.74) is 8.56. The van der Waals surface area contributed by atoms with E-state index in [2.05, 4.69) is 21.0 Å². The van der Waals surface area contributed by atoms with Gasteiger partial charge in [0, 0.05) is 42.2 Å². The largest absolute Gasteiger partial charge is 0.465 e. The lowest BCUT2D eigenvalue weighted by atomic mass is 10.0. The minimum absolute atomic E-state index is 0.0602. The molecule has 3 rings (SSSR count). The van der Waals surface area contributed by atoms with Gasteiger partial charge in [0.2, 0.25) is 5.95 Å². The molecule has 0 aromatic carbocycles. The van der Waals surface area contributed by atoms with Crippen molar-refractivity contribution in [1.82, 2.24) is 15.0 Å². The van der Waals surface area contributed by atoms with Gasteiger partial charge < -0.3 is 15.4 Å². The van der Waals surface area contributed by atoms with E-state index in [1.807, 2.05) is 6.07 Å². The van der Waals surface area contributed by atoms with E-state index in [-0.39, 0.29) is 18.3 Å². The van der Waals surface area contributed by atoms with Gasteiger partial charge in [-0.05, 0) is 25.8 Å². The maximum atomic E-state index is 11.6. The Morgan fingerprint density at radius 1 is 1.42 bits per heavy atom. The lowest BCUT2D eigenvalue weighted by Crippen LogP contribution is -2.28. The van der Waals surface area contributed by atoms with Crippen molar-refractivity contribution in [2.45, 2.75) is 25.7 Å². The molecule has 1 aliphatic carbocycles. The zero-order valence-electron chi connectivity index (χ0n) is 14.8. The second kappa shape index (κ2) is 7.35. The molecule has 2 aromatic heterocycles. The Hall–Kier alpha value is -3.21. The van der Waals surface area contributed by atoms with Crippen molar-refractivity contribution in [3.8, 4) is 17.2 Å². The van der Waals surface area contributed by atoms with E-state index < -0.39 is 0 Å². The van der Waals surface area contributed by atoms with Gasteiger partial charge in [-0.2, -0.15) is 5.26 Å². The summed E-state index contributed by atoms with van der Waals surface area (Å²) in [6.07, 6.45) is 5.42. The monoisotopic (exact) mass is 352 g/mol. The van der Waals surface area contributed by atoms with Crippen molar-refractivity contribution in [3.05, 3.63) is 29.7 Å². The van der Waals surface area contributed by atoms with Crippen LogP contribution in [0.3, 0.4) is 0 Å². The Bertz CT molecular complexity index is 855. The topological polar surface area (TPSA) is 118 Å². The van der Waals surface area contributed by atoms with Crippen LogP contribution in [-0.2, 0) is 9.53 Å². The van der Waals surface area contributed by atoms with E-state index in [4.69, 9.17) is 10.5 Å². The highest BCUT2D eigenvalue weighted by molar-refractivity contribution is 5.76. The molecule has 134 valence electrons. The Balaban J connectivity index is 1.87. The fourth-order valence-electron chi connectivity index (χ4n) is 2.65. The van der Waals surface area contributed by atoms with Gasteiger partial charge in [0.25, 0.3) is 0 Å². The molecule has 1 saturated carbocycles. The second-order valence-corrected chi connectivity index (χ2v) is 6.17. The SMILES string of the molecule is CCOC(=O)CN(C)c1ncc(-c2cc(C3CC3)nc(N)c2C#N)cn1. The summed E-state index contributed by atoms with van der Waals surface area (Å²) in [6, 6.07) is 4.01. The second-order valence-electron chi connectivity index (χ2n) is 6.17. The third-order valence-corrected chi connectivity index (χ3v) is 4.14. The number of hydrogen-bond donors (Lipinski definition) is 1. The lowest BCUT2D eigenvalue weighted by molar-refractivity contribution is -0.141. The normalized spacial score (nSPS) is 13.1. The van der Waals surface area contributed by atoms with Crippen molar-refractivity contribution in [3.63, 3.8) is 0 Å². The summed E-state index contributed by atoms with van der Waals surface area (Å²) in [4.78, 5) is 26.1. The number of nitrogen functional groups attached to an aromatic ring is 1. The zero-order valence-corrected chi connectivity index (χ0v) is 14.8. The summed E-state index contributed by atoms with van der Waals surface area (Å²) in [5.74, 6) is 0.699. The standard InChI is InChI=1S/C18H20N6O2/c1-3-26-16(25)10-24(2)18-21-8-12(9-22-18)13-6-15(11-4-5-11)23-17(20)14(13)7-19/h6,8-9,11H,3-5,10H2,1-2H3,(H2,20,23). The maximum Gasteiger partial charge on any atom is 0.325 e. The predicted molar refractivity (Wildman–Crippen MR) is 96.3 cm³/mol. The average molecular weight is 352 g/mol. The summed E-state index contributed by atoms with van der Waals surface area (Å²) < 4.78 is 4.92. The van der Waals surface area contributed by atoms with Crippen molar-refractivity contribution in [2.75, 3.05) is 30.8 Å². The molecule has 0 saturated heterocycles. The highest BCUT2D eigenvalue weighted by Crippen LogP contribution is 2.41. The Morgan fingerprint density at radius 3 is 2.69 bits per heavy atom. The van der Waals surface area contributed by atoms with E-state index in [0.717, 1.165) is 18.5 Å². The predicted octanol–water partition coefficient (Wildman–Crippen LogP) is 1.87. The molecule has 2 heterocycles. The van der Waals surface area contributed by atoms with Crippen LogP contribution in [-0.4, -0.2) is 41.1 Å².